The second-order valence-corrected chi connectivity index (χ2v) is 5.19. The van der Waals surface area contributed by atoms with Crippen molar-refractivity contribution >= 4 is 30.6 Å². The van der Waals surface area contributed by atoms with Gasteiger partial charge in [0.25, 0.3) is 0 Å². The van der Waals surface area contributed by atoms with Crippen molar-refractivity contribution in [2.45, 2.75) is 13.0 Å². The Morgan fingerprint density at radius 1 is 1.14 bits per heavy atom. The number of nitrogens with zero attached hydrogens (tertiary/aromatic N) is 2. The van der Waals surface area contributed by atoms with Crippen LogP contribution in [0.1, 0.15) is 11.1 Å². The smallest absolute Gasteiger partial charge is 0.161 e. The van der Waals surface area contributed by atoms with Crippen molar-refractivity contribution < 1.29 is 9.47 Å². The molecule has 1 N–H and O–H groups in total. The summed E-state index contributed by atoms with van der Waals surface area (Å²) in [5.41, 5.74) is 2.69. The van der Waals surface area contributed by atoms with Gasteiger partial charge in [0.15, 0.2) is 11.5 Å². The first-order chi connectivity index (χ1) is 9.80. The van der Waals surface area contributed by atoms with Crippen molar-refractivity contribution in [1.82, 2.24) is 10.2 Å². The number of aliphatic imine (C=N–C) groups is 1. The highest BCUT2D eigenvalue weighted by Gasteiger charge is 2.21. The van der Waals surface area contributed by atoms with Crippen LogP contribution in [0.5, 0.6) is 11.5 Å². The Morgan fingerprint density at radius 3 is 2.41 bits per heavy atom. The van der Waals surface area contributed by atoms with Crippen molar-refractivity contribution in [3.63, 3.8) is 0 Å². The van der Waals surface area contributed by atoms with Crippen LogP contribution in [-0.2, 0) is 13.0 Å². The number of hydrogen-bond acceptors (Lipinski definition) is 5. The lowest BCUT2D eigenvalue weighted by molar-refractivity contribution is 0.285. The van der Waals surface area contributed by atoms with E-state index >= 15 is 0 Å². The molecule has 0 aliphatic carbocycles. The number of nitrogens with one attached hydrogen (secondary N) is 1. The molecule has 124 valence electrons. The number of halogens is 2. The molecule has 0 bridgehead atoms. The van der Waals surface area contributed by atoms with E-state index < -0.39 is 0 Å². The normalized spacial score (nSPS) is 16.5. The Hall–Kier alpha value is -1.17. The SMILES string of the molecule is COc1cc2c(cc1OC)CN(CC1=NCCN1)CC2.Cl.Cl. The molecule has 7 heteroatoms. The van der Waals surface area contributed by atoms with Crippen molar-refractivity contribution in [2.75, 3.05) is 40.4 Å². The molecule has 2 heterocycles. The van der Waals surface area contributed by atoms with Gasteiger partial charge in [-0.05, 0) is 29.7 Å². The molecule has 0 aromatic heterocycles. The molecule has 0 saturated heterocycles. The molecular formula is C15H23Cl2N3O2. The molecule has 0 atom stereocenters. The summed E-state index contributed by atoms with van der Waals surface area (Å²) in [4.78, 5) is 6.89. The molecule has 3 rings (SSSR count). The molecule has 0 spiro atoms. The molecule has 1 aromatic carbocycles. The fraction of sp³-hybridized carbons (Fsp3) is 0.533. The highest BCUT2D eigenvalue weighted by Crippen LogP contribution is 2.33. The number of amidine groups is 1. The van der Waals surface area contributed by atoms with Gasteiger partial charge in [0.1, 0.15) is 5.84 Å². The van der Waals surface area contributed by atoms with Gasteiger partial charge in [0.05, 0.1) is 27.3 Å². The summed E-state index contributed by atoms with van der Waals surface area (Å²) >= 11 is 0. The van der Waals surface area contributed by atoms with E-state index in [-0.39, 0.29) is 24.8 Å². The Kier molecular flexibility index (Phi) is 7.26. The molecule has 0 saturated carbocycles. The van der Waals surface area contributed by atoms with Crippen molar-refractivity contribution in [3.8, 4) is 11.5 Å². The Labute approximate surface area is 143 Å². The maximum absolute atomic E-state index is 5.39. The maximum atomic E-state index is 5.39. The zero-order valence-corrected chi connectivity index (χ0v) is 14.6. The monoisotopic (exact) mass is 347 g/mol. The van der Waals surface area contributed by atoms with E-state index in [1.807, 2.05) is 0 Å². The fourth-order valence-corrected chi connectivity index (χ4v) is 2.84. The van der Waals surface area contributed by atoms with E-state index in [1.165, 1.54) is 11.1 Å². The van der Waals surface area contributed by atoms with Gasteiger partial charge in [0, 0.05) is 19.6 Å². The molecule has 0 radical (unpaired) electrons. The van der Waals surface area contributed by atoms with E-state index in [0.717, 1.165) is 56.5 Å². The van der Waals surface area contributed by atoms with Crippen LogP contribution >= 0.6 is 24.8 Å². The first kappa shape index (κ1) is 18.9. The third-order valence-electron chi connectivity index (χ3n) is 3.91. The van der Waals surface area contributed by atoms with Gasteiger partial charge < -0.3 is 14.8 Å². The van der Waals surface area contributed by atoms with Gasteiger partial charge in [-0.2, -0.15) is 0 Å². The number of rotatable bonds is 4. The van der Waals surface area contributed by atoms with Crippen LogP contribution in [0, 0.1) is 0 Å². The number of fused-ring (bicyclic) bond motifs is 1. The van der Waals surface area contributed by atoms with Gasteiger partial charge in [0.2, 0.25) is 0 Å². The van der Waals surface area contributed by atoms with Crippen LogP contribution in [0.25, 0.3) is 0 Å². The summed E-state index contributed by atoms with van der Waals surface area (Å²) < 4.78 is 10.8. The number of methoxy groups -OCH3 is 2. The zero-order valence-electron chi connectivity index (χ0n) is 12.9. The predicted octanol–water partition coefficient (Wildman–Crippen LogP) is 1.91. The van der Waals surface area contributed by atoms with Gasteiger partial charge >= 0.3 is 0 Å². The lowest BCUT2D eigenvalue weighted by Crippen LogP contribution is -2.38. The lowest BCUT2D eigenvalue weighted by atomic mass is 9.99. The summed E-state index contributed by atoms with van der Waals surface area (Å²) in [6.45, 7) is 4.79. The van der Waals surface area contributed by atoms with Crippen molar-refractivity contribution in [2.24, 2.45) is 4.99 Å². The minimum atomic E-state index is 0. The molecule has 1 aromatic rings. The minimum Gasteiger partial charge on any atom is -0.493 e. The minimum absolute atomic E-state index is 0. The molecular weight excluding hydrogens is 325 g/mol. The van der Waals surface area contributed by atoms with E-state index in [4.69, 9.17) is 9.47 Å². The van der Waals surface area contributed by atoms with Crippen LogP contribution in [0.2, 0.25) is 0 Å². The van der Waals surface area contributed by atoms with Crippen LogP contribution in [0.4, 0.5) is 0 Å². The Balaban J connectivity index is 0.00000121. The molecule has 2 aliphatic rings. The summed E-state index contributed by atoms with van der Waals surface area (Å²) in [5, 5.41) is 3.33. The summed E-state index contributed by atoms with van der Waals surface area (Å²) in [6, 6.07) is 4.21. The van der Waals surface area contributed by atoms with E-state index in [9.17, 15) is 0 Å². The zero-order chi connectivity index (χ0) is 13.9. The standard InChI is InChI=1S/C15H21N3O2.2ClH/c1-19-13-7-11-3-6-18(10-15-16-4-5-17-15)9-12(11)8-14(13)20-2;;/h7-8H,3-6,9-10H2,1-2H3,(H,16,17);2*1H. The molecule has 0 unspecified atom stereocenters. The van der Waals surface area contributed by atoms with Crippen LogP contribution in [0.15, 0.2) is 17.1 Å². The highest BCUT2D eigenvalue weighted by molar-refractivity contribution is 5.86. The van der Waals surface area contributed by atoms with Gasteiger partial charge in [-0.1, -0.05) is 0 Å². The topological polar surface area (TPSA) is 46.1 Å². The van der Waals surface area contributed by atoms with E-state index in [2.05, 4.69) is 27.3 Å². The number of benzene rings is 1. The quantitative estimate of drug-likeness (QED) is 0.903. The predicted molar refractivity (Wildman–Crippen MR) is 93.3 cm³/mol. The highest BCUT2D eigenvalue weighted by atomic mass is 35.5. The molecule has 0 fully saturated rings. The van der Waals surface area contributed by atoms with Crippen LogP contribution in [0.3, 0.4) is 0 Å². The number of ether oxygens (including phenoxy) is 2. The van der Waals surface area contributed by atoms with Crippen molar-refractivity contribution in [1.29, 1.82) is 0 Å². The largest absolute Gasteiger partial charge is 0.493 e. The summed E-state index contributed by atoms with van der Waals surface area (Å²) in [5.74, 6) is 2.75. The average molecular weight is 348 g/mol. The molecule has 0 amide bonds. The van der Waals surface area contributed by atoms with E-state index in [0.29, 0.717) is 0 Å². The maximum Gasteiger partial charge on any atom is 0.161 e. The molecule has 2 aliphatic heterocycles. The van der Waals surface area contributed by atoms with E-state index in [1.54, 1.807) is 14.2 Å². The molecule has 22 heavy (non-hydrogen) atoms. The Bertz CT molecular complexity index is 538. The second kappa shape index (κ2) is 8.46. The third kappa shape index (κ3) is 3.97. The number of hydrogen-bond donors (Lipinski definition) is 1. The van der Waals surface area contributed by atoms with Crippen LogP contribution < -0.4 is 14.8 Å². The summed E-state index contributed by atoms with van der Waals surface area (Å²) in [6.07, 6.45) is 1.04. The fourth-order valence-electron chi connectivity index (χ4n) is 2.84. The summed E-state index contributed by atoms with van der Waals surface area (Å²) in [7, 11) is 3.37. The van der Waals surface area contributed by atoms with Gasteiger partial charge in [-0.25, -0.2) is 0 Å². The second-order valence-electron chi connectivity index (χ2n) is 5.19. The lowest BCUT2D eigenvalue weighted by Gasteiger charge is -2.29. The van der Waals surface area contributed by atoms with Gasteiger partial charge in [-0.3, -0.25) is 9.89 Å². The van der Waals surface area contributed by atoms with Crippen molar-refractivity contribution in [3.05, 3.63) is 23.3 Å². The first-order valence-electron chi connectivity index (χ1n) is 7.03. The average Bonchev–Trinajstić information content (AvgIpc) is 2.98. The van der Waals surface area contributed by atoms with Crippen LogP contribution in [-0.4, -0.2) is 51.1 Å². The Morgan fingerprint density at radius 2 is 1.82 bits per heavy atom. The van der Waals surface area contributed by atoms with Gasteiger partial charge in [-0.15, -0.1) is 24.8 Å². The first-order valence-corrected chi connectivity index (χ1v) is 7.03. The third-order valence-corrected chi connectivity index (χ3v) is 3.91. The molecule has 5 nitrogen and oxygen atoms in total.